The van der Waals surface area contributed by atoms with Gasteiger partial charge in [0.15, 0.2) is 0 Å². The summed E-state index contributed by atoms with van der Waals surface area (Å²) in [5.74, 6) is 1.45. The number of hydrogen-bond donors (Lipinski definition) is 2. The Labute approximate surface area is 141 Å². The van der Waals surface area contributed by atoms with Crippen LogP contribution in [0.25, 0.3) is 0 Å². The van der Waals surface area contributed by atoms with Gasteiger partial charge in [0.05, 0.1) is 6.10 Å². The minimum absolute atomic E-state index is 0.268. The van der Waals surface area contributed by atoms with Crippen molar-refractivity contribution in [2.45, 2.75) is 32.4 Å². The maximum atomic E-state index is 5.90. The van der Waals surface area contributed by atoms with E-state index < -0.39 is 0 Å². The van der Waals surface area contributed by atoms with Gasteiger partial charge in [-0.25, -0.2) is 4.98 Å². The summed E-state index contributed by atoms with van der Waals surface area (Å²) in [6.07, 6.45) is 2.50. The molecule has 1 aliphatic heterocycles. The minimum Gasteiger partial charge on any atom is -0.376 e. The van der Waals surface area contributed by atoms with Crippen molar-refractivity contribution in [1.82, 2.24) is 9.97 Å². The van der Waals surface area contributed by atoms with E-state index in [0.29, 0.717) is 12.5 Å². The Morgan fingerprint density at radius 1 is 1.22 bits per heavy atom. The van der Waals surface area contributed by atoms with Gasteiger partial charge in [-0.15, -0.1) is 0 Å². The molecule has 23 heavy (non-hydrogen) atoms. The highest BCUT2D eigenvalue weighted by Gasteiger charge is 2.15. The molecule has 6 heteroatoms. The van der Waals surface area contributed by atoms with E-state index in [-0.39, 0.29) is 6.10 Å². The van der Waals surface area contributed by atoms with Crippen LogP contribution in [0.5, 0.6) is 0 Å². The molecule has 1 atom stereocenters. The summed E-state index contributed by atoms with van der Waals surface area (Å²) in [5.41, 5.74) is 2.08. The van der Waals surface area contributed by atoms with Crippen molar-refractivity contribution in [2.24, 2.45) is 0 Å². The molecule has 0 amide bonds. The second-order valence-corrected chi connectivity index (χ2v) is 6.15. The standard InChI is InChI=1S/C17H21ClN4O/c1-12-9-16(19-10-13-4-6-14(18)7-5-13)22-17(21-12)20-11-15-3-2-8-23-15/h4-7,9,15H,2-3,8,10-11H2,1H3,(H2,19,20,21,22). The van der Waals surface area contributed by atoms with E-state index in [1.807, 2.05) is 37.3 Å². The lowest BCUT2D eigenvalue weighted by molar-refractivity contribution is 0.120. The predicted molar refractivity (Wildman–Crippen MR) is 93.0 cm³/mol. The maximum absolute atomic E-state index is 5.90. The van der Waals surface area contributed by atoms with E-state index in [2.05, 4.69) is 20.6 Å². The largest absolute Gasteiger partial charge is 0.376 e. The monoisotopic (exact) mass is 332 g/mol. The third-order valence-electron chi connectivity index (χ3n) is 3.75. The topological polar surface area (TPSA) is 59.1 Å². The fourth-order valence-electron chi connectivity index (χ4n) is 2.54. The minimum atomic E-state index is 0.268. The van der Waals surface area contributed by atoms with Crippen molar-refractivity contribution < 1.29 is 4.74 Å². The Morgan fingerprint density at radius 2 is 2.04 bits per heavy atom. The Kier molecular flexibility index (Phi) is 5.31. The van der Waals surface area contributed by atoms with Crippen LogP contribution < -0.4 is 10.6 Å². The van der Waals surface area contributed by atoms with Gasteiger partial charge in [-0.05, 0) is 37.5 Å². The van der Waals surface area contributed by atoms with E-state index in [9.17, 15) is 0 Å². The van der Waals surface area contributed by atoms with Crippen LogP contribution in [0.15, 0.2) is 30.3 Å². The highest BCUT2D eigenvalue weighted by atomic mass is 35.5. The zero-order valence-electron chi connectivity index (χ0n) is 13.2. The van der Waals surface area contributed by atoms with Gasteiger partial charge in [-0.3, -0.25) is 0 Å². The van der Waals surface area contributed by atoms with Crippen molar-refractivity contribution in [2.75, 3.05) is 23.8 Å². The van der Waals surface area contributed by atoms with Crippen molar-refractivity contribution in [1.29, 1.82) is 0 Å². The van der Waals surface area contributed by atoms with Gasteiger partial charge in [0.2, 0.25) is 5.95 Å². The first-order valence-corrected chi connectivity index (χ1v) is 8.26. The molecule has 0 saturated carbocycles. The maximum Gasteiger partial charge on any atom is 0.224 e. The van der Waals surface area contributed by atoms with Gasteiger partial charge in [0.25, 0.3) is 0 Å². The molecular weight excluding hydrogens is 312 g/mol. The molecular formula is C17H21ClN4O. The van der Waals surface area contributed by atoms with E-state index in [1.165, 1.54) is 0 Å². The van der Waals surface area contributed by atoms with E-state index in [4.69, 9.17) is 16.3 Å². The normalized spacial score (nSPS) is 17.2. The Morgan fingerprint density at radius 3 is 2.78 bits per heavy atom. The third kappa shape index (κ3) is 4.81. The molecule has 2 aromatic rings. The number of halogens is 1. The first-order chi connectivity index (χ1) is 11.2. The van der Waals surface area contributed by atoms with Crippen molar-refractivity contribution in [3.63, 3.8) is 0 Å². The quantitative estimate of drug-likeness (QED) is 0.845. The Balaban J connectivity index is 1.59. The second-order valence-electron chi connectivity index (χ2n) is 5.71. The average Bonchev–Trinajstić information content (AvgIpc) is 3.05. The molecule has 0 spiro atoms. The lowest BCUT2D eigenvalue weighted by Crippen LogP contribution is -2.20. The number of nitrogens with zero attached hydrogens (tertiary/aromatic N) is 2. The predicted octanol–water partition coefficient (Wildman–Crippen LogP) is 3.64. The number of aryl methyl sites for hydroxylation is 1. The molecule has 0 aliphatic carbocycles. The molecule has 5 nitrogen and oxygen atoms in total. The van der Waals surface area contributed by atoms with Crippen LogP contribution in [0.3, 0.4) is 0 Å². The van der Waals surface area contributed by atoms with E-state index >= 15 is 0 Å². The molecule has 1 fully saturated rings. The number of ether oxygens (including phenoxy) is 1. The number of aromatic nitrogens is 2. The van der Waals surface area contributed by atoms with Gasteiger partial charge in [0, 0.05) is 36.5 Å². The molecule has 1 aromatic heterocycles. The van der Waals surface area contributed by atoms with Gasteiger partial charge in [-0.2, -0.15) is 4.98 Å². The van der Waals surface area contributed by atoms with Crippen LogP contribution in [0.1, 0.15) is 24.1 Å². The highest BCUT2D eigenvalue weighted by molar-refractivity contribution is 6.30. The molecule has 1 aromatic carbocycles. The smallest absolute Gasteiger partial charge is 0.224 e. The van der Waals surface area contributed by atoms with Gasteiger partial charge < -0.3 is 15.4 Å². The summed E-state index contributed by atoms with van der Waals surface area (Å²) in [7, 11) is 0. The third-order valence-corrected chi connectivity index (χ3v) is 4.00. The fraction of sp³-hybridized carbons (Fsp3) is 0.412. The van der Waals surface area contributed by atoms with Crippen LogP contribution in [-0.2, 0) is 11.3 Å². The lowest BCUT2D eigenvalue weighted by atomic mass is 10.2. The van der Waals surface area contributed by atoms with Crippen molar-refractivity contribution in [3.8, 4) is 0 Å². The summed E-state index contributed by atoms with van der Waals surface area (Å²) in [6, 6.07) is 9.71. The molecule has 3 rings (SSSR count). The Bertz CT molecular complexity index is 642. The number of anilines is 2. The summed E-state index contributed by atoms with van der Waals surface area (Å²) in [5, 5.41) is 7.34. The Hall–Kier alpha value is -1.85. The zero-order chi connectivity index (χ0) is 16.1. The van der Waals surface area contributed by atoms with Gasteiger partial charge in [-0.1, -0.05) is 23.7 Å². The zero-order valence-corrected chi connectivity index (χ0v) is 13.9. The molecule has 122 valence electrons. The SMILES string of the molecule is Cc1cc(NCc2ccc(Cl)cc2)nc(NCC2CCCO2)n1. The van der Waals surface area contributed by atoms with Crippen LogP contribution >= 0.6 is 11.6 Å². The van der Waals surface area contributed by atoms with E-state index in [0.717, 1.165) is 48.1 Å². The molecule has 1 aliphatic rings. The summed E-state index contributed by atoms with van der Waals surface area (Å²) < 4.78 is 5.61. The second kappa shape index (κ2) is 7.62. The molecule has 0 bridgehead atoms. The van der Waals surface area contributed by atoms with Gasteiger partial charge >= 0.3 is 0 Å². The molecule has 2 N–H and O–H groups in total. The van der Waals surface area contributed by atoms with Gasteiger partial charge in [0.1, 0.15) is 5.82 Å². The average molecular weight is 333 g/mol. The summed E-state index contributed by atoms with van der Waals surface area (Å²) in [4.78, 5) is 8.94. The van der Waals surface area contributed by atoms with Crippen LogP contribution in [-0.4, -0.2) is 29.2 Å². The first kappa shape index (κ1) is 16.0. The van der Waals surface area contributed by atoms with Crippen LogP contribution in [0.2, 0.25) is 5.02 Å². The molecule has 2 heterocycles. The van der Waals surface area contributed by atoms with Crippen molar-refractivity contribution >= 4 is 23.4 Å². The number of hydrogen-bond acceptors (Lipinski definition) is 5. The van der Waals surface area contributed by atoms with Crippen molar-refractivity contribution in [3.05, 3.63) is 46.6 Å². The summed E-state index contributed by atoms with van der Waals surface area (Å²) >= 11 is 5.90. The molecule has 0 radical (unpaired) electrons. The highest BCUT2D eigenvalue weighted by Crippen LogP contribution is 2.15. The number of rotatable bonds is 6. The molecule has 1 saturated heterocycles. The molecule has 1 unspecified atom stereocenters. The number of benzene rings is 1. The van der Waals surface area contributed by atoms with Crippen LogP contribution in [0.4, 0.5) is 11.8 Å². The van der Waals surface area contributed by atoms with Crippen LogP contribution in [0, 0.1) is 6.92 Å². The first-order valence-electron chi connectivity index (χ1n) is 7.88. The lowest BCUT2D eigenvalue weighted by Gasteiger charge is -2.13. The number of nitrogens with one attached hydrogen (secondary N) is 2. The van der Waals surface area contributed by atoms with E-state index in [1.54, 1.807) is 0 Å². The fourth-order valence-corrected chi connectivity index (χ4v) is 2.67. The summed E-state index contributed by atoms with van der Waals surface area (Å²) in [6.45, 7) is 4.26.